The standard InChI is InChI=1S/C14H15FO3S2/c1-2-20(17,18)7-3-4-12(16)14-8-10-5-6-11(15)9-13(10)19-14/h5-6,8-9H,2-4,7H2,1H3. The first-order chi connectivity index (χ1) is 9.41. The second-order valence-electron chi connectivity index (χ2n) is 4.56. The summed E-state index contributed by atoms with van der Waals surface area (Å²) in [6.07, 6.45) is 0.534. The molecule has 0 fully saturated rings. The summed E-state index contributed by atoms with van der Waals surface area (Å²) in [6, 6.07) is 6.13. The zero-order valence-electron chi connectivity index (χ0n) is 11.1. The van der Waals surface area contributed by atoms with E-state index in [2.05, 4.69) is 0 Å². The molecule has 3 nitrogen and oxygen atoms in total. The molecule has 1 aromatic heterocycles. The molecule has 0 spiro atoms. The average Bonchev–Trinajstić information content (AvgIpc) is 2.81. The largest absolute Gasteiger partial charge is 0.293 e. The number of Topliss-reactive ketones (excluding diaryl/α,β-unsaturated/α-hetero) is 1. The second kappa shape index (κ2) is 6.01. The molecule has 0 unspecified atom stereocenters. The highest BCUT2D eigenvalue weighted by molar-refractivity contribution is 7.91. The van der Waals surface area contributed by atoms with Crippen molar-refractivity contribution in [2.45, 2.75) is 19.8 Å². The van der Waals surface area contributed by atoms with Crippen LogP contribution in [0.4, 0.5) is 4.39 Å². The van der Waals surface area contributed by atoms with Gasteiger partial charge in [0.1, 0.15) is 15.7 Å². The van der Waals surface area contributed by atoms with E-state index in [0.717, 1.165) is 10.1 Å². The van der Waals surface area contributed by atoms with E-state index in [0.29, 0.717) is 11.3 Å². The maximum absolute atomic E-state index is 13.1. The Morgan fingerprint density at radius 3 is 2.75 bits per heavy atom. The normalized spacial score (nSPS) is 11.9. The molecule has 0 aliphatic carbocycles. The van der Waals surface area contributed by atoms with Gasteiger partial charge in [0, 0.05) is 16.9 Å². The SMILES string of the molecule is CCS(=O)(=O)CCCC(=O)c1cc2ccc(F)cc2s1. The van der Waals surface area contributed by atoms with Gasteiger partial charge in [-0.2, -0.15) is 0 Å². The summed E-state index contributed by atoms with van der Waals surface area (Å²) in [4.78, 5) is 12.6. The number of carbonyl (C=O) groups is 1. The number of hydrogen-bond donors (Lipinski definition) is 0. The summed E-state index contributed by atoms with van der Waals surface area (Å²) < 4.78 is 36.5. The Bertz CT molecular complexity index is 732. The van der Waals surface area contributed by atoms with Gasteiger partial charge in [0.05, 0.1) is 10.6 Å². The number of rotatable bonds is 6. The molecule has 2 aromatic rings. The summed E-state index contributed by atoms with van der Waals surface area (Å²) in [6.45, 7) is 1.59. The van der Waals surface area contributed by atoms with Crippen molar-refractivity contribution in [2.24, 2.45) is 0 Å². The van der Waals surface area contributed by atoms with E-state index in [1.165, 1.54) is 23.5 Å². The van der Waals surface area contributed by atoms with Crippen LogP contribution in [0.15, 0.2) is 24.3 Å². The third-order valence-corrected chi connectivity index (χ3v) is 5.99. The molecule has 2 rings (SSSR count). The van der Waals surface area contributed by atoms with Gasteiger partial charge in [0.15, 0.2) is 5.78 Å². The Labute approximate surface area is 121 Å². The third-order valence-electron chi connectivity index (χ3n) is 3.06. The maximum atomic E-state index is 13.1. The summed E-state index contributed by atoms with van der Waals surface area (Å²) in [5.74, 6) is -0.275. The van der Waals surface area contributed by atoms with Crippen LogP contribution in [-0.4, -0.2) is 25.7 Å². The zero-order chi connectivity index (χ0) is 14.8. The van der Waals surface area contributed by atoms with Crippen molar-refractivity contribution in [3.63, 3.8) is 0 Å². The lowest BCUT2D eigenvalue weighted by Crippen LogP contribution is -2.10. The molecule has 108 valence electrons. The van der Waals surface area contributed by atoms with Crippen LogP contribution in [0, 0.1) is 5.82 Å². The van der Waals surface area contributed by atoms with Crippen LogP contribution in [0.25, 0.3) is 10.1 Å². The quantitative estimate of drug-likeness (QED) is 0.768. The molecule has 0 N–H and O–H groups in total. The Kier molecular flexibility index (Phi) is 4.55. The lowest BCUT2D eigenvalue weighted by molar-refractivity contribution is 0.0986. The molecule has 1 heterocycles. The summed E-state index contributed by atoms with van der Waals surface area (Å²) in [7, 11) is -3.03. The molecule has 0 saturated heterocycles. The lowest BCUT2D eigenvalue weighted by atomic mass is 10.2. The van der Waals surface area contributed by atoms with Crippen molar-refractivity contribution < 1.29 is 17.6 Å². The predicted octanol–water partition coefficient (Wildman–Crippen LogP) is 3.44. The van der Waals surface area contributed by atoms with Crippen molar-refractivity contribution in [3.05, 3.63) is 35.0 Å². The Morgan fingerprint density at radius 2 is 2.05 bits per heavy atom. The number of benzene rings is 1. The number of carbonyl (C=O) groups excluding carboxylic acids is 1. The minimum absolute atomic E-state index is 0.0365. The maximum Gasteiger partial charge on any atom is 0.172 e. The van der Waals surface area contributed by atoms with Crippen LogP contribution in [0.2, 0.25) is 0 Å². The smallest absolute Gasteiger partial charge is 0.172 e. The Balaban J connectivity index is 2.04. The van der Waals surface area contributed by atoms with E-state index in [-0.39, 0.29) is 29.5 Å². The number of ketones is 1. The van der Waals surface area contributed by atoms with Gasteiger partial charge in [-0.25, -0.2) is 12.8 Å². The molecule has 0 bridgehead atoms. The molecular weight excluding hydrogens is 299 g/mol. The summed E-state index contributed by atoms with van der Waals surface area (Å²) in [5, 5.41) is 0.834. The lowest BCUT2D eigenvalue weighted by Gasteiger charge is -1.99. The Hall–Kier alpha value is -1.27. The number of hydrogen-bond acceptors (Lipinski definition) is 4. The van der Waals surface area contributed by atoms with Crippen molar-refractivity contribution in [3.8, 4) is 0 Å². The number of thiophene rings is 1. The van der Waals surface area contributed by atoms with Gasteiger partial charge in [-0.1, -0.05) is 13.0 Å². The fraction of sp³-hybridized carbons (Fsp3) is 0.357. The molecule has 0 aliphatic rings. The van der Waals surface area contributed by atoms with E-state index in [9.17, 15) is 17.6 Å². The van der Waals surface area contributed by atoms with Crippen LogP contribution in [0.3, 0.4) is 0 Å². The third kappa shape index (κ3) is 3.64. The topological polar surface area (TPSA) is 51.2 Å². The van der Waals surface area contributed by atoms with Crippen LogP contribution in [0.5, 0.6) is 0 Å². The molecule has 0 amide bonds. The van der Waals surface area contributed by atoms with Crippen molar-refractivity contribution >= 4 is 37.0 Å². The van der Waals surface area contributed by atoms with Crippen LogP contribution in [0.1, 0.15) is 29.4 Å². The van der Waals surface area contributed by atoms with E-state index in [1.54, 1.807) is 19.1 Å². The number of fused-ring (bicyclic) bond motifs is 1. The molecule has 20 heavy (non-hydrogen) atoms. The first-order valence-electron chi connectivity index (χ1n) is 6.34. The Morgan fingerprint density at radius 1 is 1.30 bits per heavy atom. The minimum Gasteiger partial charge on any atom is -0.293 e. The fourth-order valence-corrected chi connectivity index (χ4v) is 3.79. The van der Waals surface area contributed by atoms with E-state index in [1.807, 2.05) is 0 Å². The van der Waals surface area contributed by atoms with Gasteiger partial charge in [-0.3, -0.25) is 4.79 Å². The highest BCUT2D eigenvalue weighted by atomic mass is 32.2. The minimum atomic E-state index is -3.03. The molecule has 6 heteroatoms. The van der Waals surface area contributed by atoms with Gasteiger partial charge >= 0.3 is 0 Å². The molecule has 0 radical (unpaired) electrons. The van der Waals surface area contributed by atoms with Crippen molar-refractivity contribution in [1.82, 2.24) is 0 Å². The summed E-state index contributed by atoms with van der Waals surface area (Å²) >= 11 is 1.24. The molecule has 1 aromatic carbocycles. The molecule has 0 atom stereocenters. The summed E-state index contributed by atoms with van der Waals surface area (Å²) in [5.41, 5.74) is 0. The molecule has 0 aliphatic heterocycles. The average molecular weight is 314 g/mol. The van der Waals surface area contributed by atoms with Crippen LogP contribution in [-0.2, 0) is 9.84 Å². The fourth-order valence-electron chi connectivity index (χ4n) is 1.86. The van der Waals surface area contributed by atoms with Gasteiger partial charge in [-0.05, 0) is 30.0 Å². The number of halogens is 1. The highest BCUT2D eigenvalue weighted by Gasteiger charge is 2.13. The zero-order valence-corrected chi connectivity index (χ0v) is 12.7. The van der Waals surface area contributed by atoms with Crippen LogP contribution < -0.4 is 0 Å². The highest BCUT2D eigenvalue weighted by Crippen LogP contribution is 2.27. The first-order valence-corrected chi connectivity index (χ1v) is 8.98. The van der Waals surface area contributed by atoms with Gasteiger partial charge in [-0.15, -0.1) is 11.3 Å². The van der Waals surface area contributed by atoms with Crippen LogP contribution >= 0.6 is 11.3 Å². The monoisotopic (exact) mass is 314 g/mol. The first kappa shape index (κ1) is 15.1. The molecular formula is C14H15FO3S2. The van der Waals surface area contributed by atoms with E-state index >= 15 is 0 Å². The van der Waals surface area contributed by atoms with Gasteiger partial charge in [0.25, 0.3) is 0 Å². The van der Waals surface area contributed by atoms with E-state index in [4.69, 9.17) is 0 Å². The van der Waals surface area contributed by atoms with Crippen molar-refractivity contribution in [2.75, 3.05) is 11.5 Å². The number of sulfone groups is 1. The van der Waals surface area contributed by atoms with E-state index < -0.39 is 9.84 Å². The predicted molar refractivity (Wildman–Crippen MR) is 79.7 cm³/mol. The molecule has 0 saturated carbocycles. The van der Waals surface area contributed by atoms with Gasteiger partial charge in [0.2, 0.25) is 0 Å². The van der Waals surface area contributed by atoms with Crippen molar-refractivity contribution in [1.29, 1.82) is 0 Å². The second-order valence-corrected chi connectivity index (χ2v) is 8.11. The van der Waals surface area contributed by atoms with Gasteiger partial charge < -0.3 is 0 Å².